The number of nitrogens with zero attached hydrogens (tertiary/aromatic N) is 4. The highest BCUT2D eigenvalue weighted by molar-refractivity contribution is 5.27. The Balaban J connectivity index is 1.22. The third-order valence-corrected chi connectivity index (χ3v) is 5.30. The Morgan fingerprint density at radius 1 is 1.00 bits per heavy atom. The van der Waals surface area contributed by atoms with Crippen LogP contribution in [0.1, 0.15) is 30.8 Å². The molecule has 1 aromatic heterocycles. The van der Waals surface area contributed by atoms with Crippen molar-refractivity contribution in [3.05, 3.63) is 48.0 Å². The average molecular weight is 376 g/mol. The molecule has 0 N–H and O–H groups in total. The average Bonchev–Trinajstić information content (AvgIpc) is 3.39. The number of halogens is 2. The normalized spacial score (nSPS) is 18.9. The summed E-state index contributed by atoms with van der Waals surface area (Å²) in [6.45, 7) is 3.26. The zero-order valence-corrected chi connectivity index (χ0v) is 15.4. The molecule has 2 heterocycles. The van der Waals surface area contributed by atoms with E-state index < -0.39 is 6.55 Å². The highest BCUT2D eigenvalue weighted by Gasteiger charge is 2.22. The molecule has 4 rings (SSSR count). The molecular weight excluding hydrogens is 350 g/mol. The molecule has 0 bridgehead atoms. The zero-order chi connectivity index (χ0) is 18.6. The van der Waals surface area contributed by atoms with Crippen molar-refractivity contribution < 1.29 is 13.5 Å². The second-order valence-electron chi connectivity index (χ2n) is 7.48. The largest absolute Gasteiger partial charge is 0.493 e. The van der Waals surface area contributed by atoms with Crippen LogP contribution in [0.3, 0.4) is 0 Å². The standard InChI is InChI=1S/C20H26F2N4O/c21-20(22)26-8-7-23-19(26)14-25-11-9-24(10-12-25)13-16-3-5-18(6-4-16)27-15-17-1-2-17/h3-8,17,20H,1-2,9-15H2. The van der Waals surface area contributed by atoms with Gasteiger partial charge in [-0.1, -0.05) is 12.1 Å². The molecule has 146 valence electrons. The number of benzene rings is 1. The zero-order valence-electron chi connectivity index (χ0n) is 15.4. The van der Waals surface area contributed by atoms with E-state index in [1.807, 2.05) is 0 Å². The van der Waals surface area contributed by atoms with Crippen LogP contribution in [-0.4, -0.2) is 52.1 Å². The fraction of sp³-hybridized carbons (Fsp3) is 0.550. The predicted molar refractivity (Wildman–Crippen MR) is 98.7 cm³/mol. The molecule has 0 spiro atoms. The number of imidazole rings is 1. The van der Waals surface area contributed by atoms with Crippen LogP contribution in [0.2, 0.25) is 0 Å². The van der Waals surface area contributed by atoms with Crippen LogP contribution in [0.5, 0.6) is 5.75 Å². The molecule has 0 atom stereocenters. The van der Waals surface area contributed by atoms with Gasteiger partial charge in [0.1, 0.15) is 11.6 Å². The van der Waals surface area contributed by atoms with Crippen LogP contribution in [0, 0.1) is 5.92 Å². The third kappa shape index (κ3) is 5.05. The molecule has 7 heteroatoms. The first kappa shape index (κ1) is 18.4. The lowest BCUT2D eigenvalue weighted by Gasteiger charge is -2.34. The summed E-state index contributed by atoms with van der Waals surface area (Å²) < 4.78 is 32.6. The van der Waals surface area contributed by atoms with Gasteiger partial charge in [0.25, 0.3) is 0 Å². The number of ether oxygens (including phenoxy) is 1. The molecule has 1 saturated carbocycles. The van der Waals surface area contributed by atoms with Crippen molar-refractivity contribution in [1.29, 1.82) is 0 Å². The first-order valence-electron chi connectivity index (χ1n) is 9.63. The number of aromatic nitrogens is 2. The molecule has 0 radical (unpaired) electrons. The highest BCUT2D eigenvalue weighted by atomic mass is 19.3. The van der Waals surface area contributed by atoms with E-state index in [0.717, 1.165) is 55.6 Å². The van der Waals surface area contributed by atoms with Crippen LogP contribution >= 0.6 is 0 Å². The fourth-order valence-corrected chi connectivity index (χ4v) is 3.40. The molecule has 2 fully saturated rings. The van der Waals surface area contributed by atoms with Gasteiger partial charge in [-0.2, -0.15) is 8.78 Å². The minimum Gasteiger partial charge on any atom is -0.493 e. The molecule has 1 aromatic carbocycles. The van der Waals surface area contributed by atoms with Crippen LogP contribution in [-0.2, 0) is 13.1 Å². The number of piperazine rings is 1. The Hall–Kier alpha value is -1.99. The van der Waals surface area contributed by atoms with Gasteiger partial charge in [-0.15, -0.1) is 0 Å². The monoisotopic (exact) mass is 376 g/mol. The first-order chi connectivity index (χ1) is 13.2. The number of alkyl halides is 2. The number of hydrogen-bond acceptors (Lipinski definition) is 4. The summed E-state index contributed by atoms with van der Waals surface area (Å²) in [6.07, 6.45) is 5.38. The number of rotatable bonds is 8. The summed E-state index contributed by atoms with van der Waals surface area (Å²) in [6, 6.07) is 8.37. The van der Waals surface area contributed by atoms with Crippen molar-refractivity contribution in [2.45, 2.75) is 32.5 Å². The summed E-state index contributed by atoms with van der Waals surface area (Å²) in [5.74, 6) is 2.14. The van der Waals surface area contributed by atoms with Crippen LogP contribution < -0.4 is 4.74 Å². The van der Waals surface area contributed by atoms with E-state index in [1.54, 1.807) is 0 Å². The van der Waals surface area contributed by atoms with Crippen molar-refractivity contribution in [1.82, 2.24) is 19.4 Å². The minimum absolute atomic E-state index is 0.431. The molecule has 2 aliphatic rings. The lowest BCUT2D eigenvalue weighted by Crippen LogP contribution is -2.45. The molecule has 27 heavy (non-hydrogen) atoms. The van der Waals surface area contributed by atoms with E-state index in [2.05, 4.69) is 39.0 Å². The smallest absolute Gasteiger partial charge is 0.319 e. The predicted octanol–water partition coefficient (Wildman–Crippen LogP) is 3.38. The molecule has 1 aliphatic heterocycles. The van der Waals surface area contributed by atoms with E-state index in [9.17, 15) is 8.78 Å². The summed E-state index contributed by atoms with van der Waals surface area (Å²) in [7, 11) is 0. The Labute approximate surface area is 158 Å². The molecule has 0 amide bonds. The van der Waals surface area contributed by atoms with Gasteiger partial charge < -0.3 is 4.74 Å². The molecule has 5 nitrogen and oxygen atoms in total. The lowest BCUT2D eigenvalue weighted by molar-refractivity contribution is 0.0603. The van der Waals surface area contributed by atoms with Gasteiger partial charge in [0.2, 0.25) is 0 Å². The molecule has 1 aliphatic carbocycles. The minimum atomic E-state index is -2.53. The highest BCUT2D eigenvalue weighted by Crippen LogP contribution is 2.29. The van der Waals surface area contributed by atoms with Gasteiger partial charge in [-0.25, -0.2) is 4.98 Å². The molecule has 0 unspecified atom stereocenters. The first-order valence-corrected chi connectivity index (χ1v) is 9.63. The lowest BCUT2D eigenvalue weighted by atomic mass is 10.2. The van der Waals surface area contributed by atoms with Gasteiger partial charge in [0.15, 0.2) is 0 Å². The van der Waals surface area contributed by atoms with E-state index >= 15 is 0 Å². The Bertz CT molecular complexity index is 722. The maximum absolute atomic E-state index is 12.9. The Morgan fingerprint density at radius 3 is 2.30 bits per heavy atom. The van der Waals surface area contributed by atoms with Crippen LogP contribution in [0.4, 0.5) is 8.78 Å². The van der Waals surface area contributed by atoms with Crippen molar-refractivity contribution in [3.8, 4) is 5.75 Å². The van der Waals surface area contributed by atoms with Gasteiger partial charge in [0, 0.05) is 45.1 Å². The van der Waals surface area contributed by atoms with E-state index in [4.69, 9.17) is 4.74 Å². The van der Waals surface area contributed by atoms with Crippen molar-refractivity contribution in [3.63, 3.8) is 0 Å². The quantitative estimate of drug-likeness (QED) is 0.707. The summed E-state index contributed by atoms with van der Waals surface area (Å²) in [4.78, 5) is 8.66. The van der Waals surface area contributed by atoms with Crippen LogP contribution in [0.15, 0.2) is 36.7 Å². The van der Waals surface area contributed by atoms with E-state index in [-0.39, 0.29) is 0 Å². The Kier molecular flexibility index (Phi) is 5.69. The van der Waals surface area contributed by atoms with Crippen molar-refractivity contribution in [2.75, 3.05) is 32.8 Å². The van der Waals surface area contributed by atoms with Gasteiger partial charge in [-0.3, -0.25) is 14.4 Å². The summed E-state index contributed by atoms with van der Waals surface area (Å²) in [5, 5.41) is 0. The summed E-state index contributed by atoms with van der Waals surface area (Å²) >= 11 is 0. The van der Waals surface area contributed by atoms with E-state index in [0.29, 0.717) is 12.4 Å². The maximum atomic E-state index is 12.9. The third-order valence-electron chi connectivity index (χ3n) is 5.30. The topological polar surface area (TPSA) is 33.5 Å². The molecule has 2 aromatic rings. The maximum Gasteiger partial charge on any atom is 0.319 e. The molecular formula is C20H26F2N4O. The SMILES string of the molecule is FC(F)n1ccnc1CN1CCN(Cc2ccc(OCC3CC3)cc2)CC1. The molecule has 1 saturated heterocycles. The fourth-order valence-electron chi connectivity index (χ4n) is 3.40. The van der Waals surface area contributed by atoms with Crippen molar-refractivity contribution >= 4 is 0 Å². The second kappa shape index (κ2) is 8.35. The summed E-state index contributed by atoms with van der Waals surface area (Å²) in [5.41, 5.74) is 1.27. The van der Waals surface area contributed by atoms with Gasteiger partial charge in [-0.05, 0) is 36.5 Å². The van der Waals surface area contributed by atoms with Gasteiger partial charge >= 0.3 is 6.55 Å². The number of hydrogen-bond donors (Lipinski definition) is 0. The van der Waals surface area contributed by atoms with E-state index in [1.165, 1.54) is 30.8 Å². The second-order valence-corrected chi connectivity index (χ2v) is 7.48. The van der Waals surface area contributed by atoms with Crippen LogP contribution in [0.25, 0.3) is 0 Å². The Morgan fingerprint density at radius 2 is 1.67 bits per heavy atom. The van der Waals surface area contributed by atoms with Gasteiger partial charge in [0.05, 0.1) is 13.2 Å². The van der Waals surface area contributed by atoms with Crippen molar-refractivity contribution in [2.24, 2.45) is 5.92 Å².